The minimum atomic E-state index is 0.696. The van der Waals surface area contributed by atoms with Crippen LogP contribution in [0.5, 0.6) is 0 Å². The Morgan fingerprint density at radius 2 is 1.95 bits per heavy atom. The third kappa shape index (κ3) is 3.73. The molecule has 1 aliphatic heterocycles. The summed E-state index contributed by atoms with van der Waals surface area (Å²) in [6, 6.07) is 9.88. The van der Waals surface area contributed by atoms with Gasteiger partial charge in [0.1, 0.15) is 5.82 Å². The van der Waals surface area contributed by atoms with Gasteiger partial charge in [0, 0.05) is 45.0 Å². The van der Waals surface area contributed by atoms with E-state index in [0.29, 0.717) is 5.56 Å². The molecule has 1 aromatic heterocycles. The molecule has 5 heteroatoms. The van der Waals surface area contributed by atoms with Crippen LogP contribution < -0.4 is 0 Å². The van der Waals surface area contributed by atoms with E-state index < -0.39 is 0 Å². The van der Waals surface area contributed by atoms with Gasteiger partial charge in [-0.05, 0) is 17.7 Å². The third-order valence-corrected chi connectivity index (χ3v) is 3.99. The van der Waals surface area contributed by atoms with Crippen LogP contribution in [-0.4, -0.2) is 47.3 Å². The Morgan fingerprint density at radius 1 is 1.18 bits per heavy atom. The average molecular weight is 296 g/mol. The van der Waals surface area contributed by atoms with Gasteiger partial charge in [0.25, 0.3) is 0 Å². The minimum Gasteiger partial charge on any atom is -0.379 e. The number of aromatic nitrogens is 2. The molecule has 0 N–H and O–H groups in total. The van der Waals surface area contributed by atoms with Crippen molar-refractivity contribution in [2.24, 2.45) is 0 Å². The van der Waals surface area contributed by atoms with Crippen LogP contribution in [-0.2, 0) is 17.7 Å². The summed E-state index contributed by atoms with van der Waals surface area (Å²) in [6.07, 6.45) is 4.83. The summed E-state index contributed by atoms with van der Waals surface area (Å²) in [6.45, 7) is 5.50. The molecular formula is C17H20N4O. The summed E-state index contributed by atoms with van der Waals surface area (Å²) in [5, 5.41) is 8.84. The predicted octanol–water partition coefficient (Wildman–Crippen LogP) is 1.68. The molecule has 0 unspecified atom stereocenters. The number of imidazole rings is 1. The maximum absolute atomic E-state index is 8.84. The van der Waals surface area contributed by atoms with Crippen LogP contribution >= 0.6 is 0 Å². The number of hydrogen-bond donors (Lipinski definition) is 0. The van der Waals surface area contributed by atoms with Gasteiger partial charge in [-0.1, -0.05) is 12.1 Å². The molecule has 1 aliphatic rings. The molecule has 1 saturated heterocycles. The Balaban J connectivity index is 1.60. The molecule has 1 fully saturated rings. The fourth-order valence-electron chi connectivity index (χ4n) is 2.68. The van der Waals surface area contributed by atoms with E-state index in [-0.39, 0.29) is 0 Å². The summed E-state index contributed by atoms with van der Waals surface area (Å²) in [5.74, 6) is 1.11. The number of nitrogens with zero attached hydrogens (tertiary/aromatic N) is 4. The van der Waals surface area contributed by atoms with Gasteiger partial charge in [0.15, 0.2) is 0 Å². The normalized spacial score (nSPS) is 15.6. The Hall–Kier alpha value is -2.16. The maximum atomic E-state index is 8.84. The lowest BCUT2D eigenvalue weighted by atomic mass is 10.1. The van der Waals surface area contributed by atoms with Crippen molar-refractivity contribution < 1.29 is 4.74 Å². The van der Waals surface area contributed by atoms with Crippen molar-refractivity contribution in [1.82, 2.24) is 14.5 Å². The van der Waals surface area contributed by atoms with Crippen molar-refractivity contribution >= 4 is 0 Å². The van der Waals surface area contributed by atoms with Crippen molar-refractivity contribution in [2.45, 2.75) is 13.0 Å². The Kier molecular flexibility index (Phi) is 4.84. The molecule has 22 heavy (non-hydrogen) atoms. The van der Waals surface area contributed by atoms with E-state index in [4.69, 9.17) is 10.00 Å². The average Bonchev–Trinajstić information content (AvgIpc) is 3.02. The zero-order valence-corrected chi connectivity index (χ0v) is 12.6. The van der Waals surface area contributed by atoms with Gasteiger partial charge in [0.05, 0.1) is 24.8 Å². The summed E-state index contributed by atoms with van der Waals surface area (Å²) >= 11 is 0. The molecule has 0 spiro atoms. The highest BCUT2D eigenvalue weighted by Gasteiger charge is 2.11. The van der Waals surface area contributed by atoms with Crippen molar-refractivity contribution in [3.8, 4) is 6.07 Å². The number of nitriles is 1. The predicted molar refractivity (Wildman–Crippen MR) is 83.4 cm³/mol. The van der Waals surface area contributed by atoms with Crippen LogP contribution in [0.1, 0.15) is 17.0 Å². The van der Waals surface area contributed by atoms with Gasteiger partial charge in [-0.3, -0.25) is 4.90 Å². The fourth-order valence-corrected chi connectivity index (χ4v) is 2.68. The van der Waals surface area contributed by atoms with E-state index in [1.54, 1.807) is 0 Å². The summed E-state index contributed by atoms with van der Waals surface area (Å²) in [7, 11) is 0. The first-order valence-electron chi connectivity index (χ1n) is 7.64. The standard InChI is InChI=1S/C17H20N4O/c18-13-15-1-3-16(4-2-15)14-21-8-6-19-17(21)5-7-20-9-11-22-12-10-20/h1-4,6,8H,5,7,9-12,14H2. The highest BCUT2D eigenvalue weighted by molar-refractivity contribution is 5.31. The number of ether oxygens (including phenoxy) is 1. The molecule has 0 aliphatic carbocycles. The molecule has 2 aromatic rings. The van der Waals surface area contributed by atoms with Gasteiger partial charge < -0.3 is 9.30 Å². The SMILES string of the molecule is N#Cc1ccc(Cn2ccnc2CCN2CCOCC2)cc1. The van der Waals surface area contributed by atoms with Gasteiger partial charge in [-0.15, -0.1) is 0 Å². The van der Waals surface area contributed by atoms with Crippen LogP contribution in [0.4, 0.5) is 0 Å². The molecule has 0 bridgehead atoms. The third-order valence-electron chi connectivity index (χ3n) is 3.99. The van der Waals surface area contributed by atoms with Gasteiger partial charge in [-0.2, -0.15) is 5.26 Å². The molecule has 0 amide bonds. The second-order valence-corrected chi connectivity index (χ2v) is 5.48. The minimum absolute atomic E-state index is 0.696. The van der Waals surface area contributed by atoms with E-state index in [1.807, 2.05) is 36.7 Å². The molecule has 2 heterocycles. The molecule has 0 atom stereocenters. The first kappa shape index (κ1) is 14.8. The first-order chi connectivity index (χ1) is 10.8. The first-order valence-corrected chi connectivity index (χ1v) is 7.64. The van der Waals surface area contributed by atoms with Crippen LogP contribution in [0.25, 0.3) is 0 Å². The molecule has 0 radical (unpaired) electrons. The number of hydrogen-bond acceptors (Lipinski definition) is 4. The van der Waals surface area contributed by atoms with Gasteiger partial charge in [-0.25, -0.2) is 4.98 Å². The molecule has 114 valence electrons. The molecule has 3 rings (SSSR count). The van der Waals surface area contributed by atoms with Gasteiger partial charge >= 0.3 is 0 Å². The van der Waals surface area contributed by atoms with E-state index >= 15 is 0 Å². The quantitative estimate of drug-likeness (QED) is 0.842. The number of benzene rings is 1. The van der Waals surface area contributed by atoms with Crippen molar-refractivity contribution in [2.75, 3.05) is 32.8 Å². The monoisotopic (exact) mass is 296 g/mol. The van der Waals surface area contributed by atoms with Crippen LogP contribution in [0.15, 0.2) is 36.7 Å². The highest BCUT2D eigenvalue weighted by Crippen LogP contribution is 2.09. The number of rotatable bonds is 5. The topological polar surface area (TPSA) is 54.1 Å². The second-order valence-electron chi connectivity index (χ2n) is 5.48. The van der Waals surface area contributed by atoms with Crippen molar-refractivity contribution in [1.29, 1.82) is 5.26 Å². The summed E-state index contributed by atoms with van der Waals surface area (Å²) < 4.78 is 7.56. The molecule has 0 saturated carbocycles. The number of morpholine rings is 1. The summed E-state index contributed by atoms with van der Waals surface area (Å²) in [4.78, 5) is 6.90. The smallest absolute Gasteiger partial charge is 0.110 e. The van der Waals surface area contributed by atoms with Crippen molar-refractivity contribution in [3.05, 3.63) is 53.6 Å². The highest BCUT2D eigenvalue weighted by atomic mass is 16.5. The lowest BCUT2D eigenvalue weighted by Crippen LogP contribution is -2.37. The zero-order chi connectivity index (χ0) is 15.2. The molecular weight excluding hydrogens is 276 g/mol. The van der Waals surface area contributed by atoms with Crippen LogP contribution in [0, 0.1) is 11.3 Å². The lowest BCUT2D eigenvalue weighted by Gasteiger charge is -2.26. The van der Waals surface area contributed by atoms with E-state index in [1.165, 1.54) is 5.56 Å². The van der Waals surface area contributed by atoms with E-state index in [0.717, 1.165) is 51.6 Å². The zero-order valence-electron chi connectivity index (χ0n) is 12.6. The van der Waals surface area contributed by atoms with Gasteiger partial charge in [0.2, 0.25) is 0 Å². The fraction of sp³-hybridized carbons (Fsp3) is 0.412. The Labute approximate surface area is 130 Å². The molecule has 1 aromatic carbocycles. The summed E-state index contributed by atoms with van der Waals surface area (Å²) in [5.41, 5.74) is 1.88. The second kappa shape index (κ2) is 7.21. The molecule has 5 nitrogen and oxygen atoms in total. The largest absolute Gasteiger partial charge is 0.379 e. The Morgan fingerprint density at radius 3 is 2.68 bits per heavy atom. The lowest BCUT2D eigenvalue weighted by molar-refractivity contribution is 0.0381. The van der Waals surface area contributed by atoms with E-state index in [9.17, 15) is 0 Å². The van der Waals surface area contributed by atoms with Crippen LogP contribution in [0.2, 0.25) is 0 Å². The van der Waals surface area contributed by atoms with Crippen LogP contribution in [0.3, 0.4) is 0 Å². The maximum Gasteiger partial charge on any atom is 0.110 e. The van der Waals surface area contributed by atoms with E-state index in [2.05, 4.69) is 20.5 Å². The Bertz CT molecular complexity index is 635. The van der Waals surface area contributed by atoms with Crippen molar-refractivity contribution in [3.63, 3.8) is 0 Å².